The number of carbonyl (C=O) groups is 3. The molecule has 0 bridgehead atoms. The van der Waals surface area contributed by atoms with Crippen LogP contribution in [0.2, 0.25) is 0 Å². The van der Waals surface area contributed by atoms with Crippen LogP contribution in [-0.2, 0) is 14.4 Å². The van der Waals surface area contributed by atoms with E-state index in [0.29, 0.717) is 12.0 Å². The average Bonchev–Trinajstić information content (AvgIpc) is 2.25. The number of aliphatic carboxylic acids is 1. The molecule has 6 nitrogen and oxygen atoms in total. The van der Waals surface area contributed by atoms with E-state index in [9.17, 15) is 14.4 Å². The minimum absolute atomic E-state index is 0.303. The van der Waals surface area contributed by atoms with Gasteiger partial charge < -0.3 is 15.3 Å². The molecule has 1 saturated heterocycles. The Bertz CT molecular complexity index is 395. The predicted octanol–water partition coefficient (Wildman–Crippen LogP) is -0.627. The molecule has 2 rings (SSSR count). The molecule has 2 heterocycles. The summed E-state index contributed by atoms with van der Waals surface area (Å²) in [5.74, 6) is -1.39. The first-order valence-electron chi connectivity index (χ1n) is 4.64. The molecule has 16 heavy (non-hydrogen) atoms. The Morgan fingerprint density at radius 3 is 2.94 bits per heavy atom. The van der Waals surface area contributed by atoms with Gasteiger partial charge in [0.05, 0.1) is 0 Å². The molecule has 2 amide bonds. The number of hydrogen-bond acceptors (Lipinski definition) is 4. The molecule has 0 aliphatic carbocycles. The fraction of sp³-hybridized carbons (Fsp3) is 0.444. The Morgan fingerprint density at radius 2 is 2.38 bits per heavy atom. The van der Waals surface area contributed by atoms with Crippen LogP contribution in [0.3, 0.4) is 0 Å². The number of fused-ring (bicyclic) bond motifs is 1. The molecule has 2 aliphatic heterocycles. The first kappa shape index (κ1) is 11.0. The smallest absolute Gasteiger partial charge is 0.330 e. The van der Waals surface area contributed by atoms with Crippen molar-refractivity contribution in [2.24, 2.45) is 0 Å². The number of carboxylic acids is 1. The lowest BCUT2D eigenvalue weighted by atomic mass is 9.99. The van der Waals surface area contributed by atoms with Crippen LogP contribution in [0, 0.1) is 0 Å². The molecule has 0 spiro atoms. The second-order valence-corrected chi connectivity index (χ2v) is 4.63. The largest absolute Gasteiger partial charge is 0.479 e. The molecule has 2 N–H and O–H groups in total. The van der Waals surface area contributed by atoms with Crippen molar-refractivity contribution in [3.63, 3.8) is 0 Å². The SMILES string of the molecule is CC1=CSC2C(NC=O)C(=O)N2C1C(=O)O. The highest BCUT2D eigenvalue weighted by Gasteiger charge is 2.54. The fourth-order valence-corrected chi connectivity index (χ4v) is 3.10. The summed E-state index contributed by atoms with van der Waals surface area (Å²) >= 11 is 1.35. The summed E-state index contributed by atoms with van der Waals surface area (Å²) in [6, 6.07) is -1.50. The van der Waals surface area contributed by atoms with E-state index in [2.05, 4.69) is 5.32 Å². The number of nitrogens with zero attached hydrogens (tertiary/aromatic N) is 1. The minimum Gasteiger partial charge on any atom is -0.479 e. The van der Waals surface area contributed by atoms with Crippen LogP contribution in [0.15, 0.2) is 11.0 Å². The Kier molecular flexibility index (Phi) is 2.63. The van der Waals surface area contributed by atoms with Crippen LogP contribution < -0.4 is 5.32 Å². The van der Waals surface area contributed by atoms with Gasteiger partial charge >= 0.3 is 5.97 Å². The van der Waals surface area contributed by atoms with Crippen molar-refractivity contribution in [2.45, 2.75) is 24.4 Å². The van der Waals surface area contributed by atoms with Crippen LogP contribution in [0.5, 0.6) is 0 Å². The van der Waals surface area contributed by atoms with Crippen molar-refractivity contribution in [3.8, 4) is 0 Å². The average molecular weight is 242 g/mol. The highest BCUT2D eigenvalue weighted by atomic mass is 32.2. The molecule has 7 heteroatoms. The summed E-state index contributed by atoms with van der Waals surface area (Å²) in [6.07, 6.45) is 0.460. The maximum atomic E-state index is 11.6. The van der Waals surface area contributed by atoms with Crippen LogP contribution in [0.4, 0.5) is 0 Å². The number of thioether (sulfide) groups is 1. The summed E-state index contributed by atoms with van der Waals surface area (Å²) in [6.45, 7) is 1.68. The first-order chi connectivity index (χ1) is 7.57. The van der Waals surface area contributed by atoms with E-state index in [4.69, 9.17) is 5.11 Å². The van der Waals surface area contributed by atoms with Gasteiger partial charge in [0.25, 0.3) is 0 Å². The van der Waals surface area contributed by atoms with Gasteiger partial charge in [0, 0.05) is 0 Å². The highest BCUT2D eigenvalue weighted by molar-refractivity contribution is 8.02. The number of amides is 2. The molecule has 3 unspecified atom stereocenters. The van der Waals surface area contributed by atoms with Crippen molar-refractivity contribution in [1.82, 2.24) is 10.2 Å². The molecule has 0 saturated carbocycles. The van der Waals surface area contributed by atoms with Crippen molar-refractivity contribution in [2.75, 3.05) is 0 Å². The van der Waals surface area contributed by atoms with E-state index in [0.717, 1.165) is 0 Å². The van der Waals surface area contributed by atoms with Crippen LogP contribution in [-0.4, -0.2) is 45.8 Å². The Morgan fingerprint density at radius 1 is 1.69 bits per heavy atom. The third-order valence-corrected chi connectivity index (χ3v) is 3.95. The monoisotopic (exact) mass is 242 g/mol. The van der Waals surface area contributed by atoms with Gasteiger partial charge in [-0.25, -0.2) is 4.79 Å². The standard InChI is InChI=1S/C9H10N2O4S/c1-4-2-16-8-5(10-3-12)7(13)11(8)6(4)9(14)15/h2-3,5-6,8H,1H3,(H,10,12)(H,14,15). The van der Waals surface area contributed by atoms with Crippen molar-refractivity contribution in [1.29, 1.82) is 0 Å². The van der Waals surface area contributed by atoms with Gasteiger partial charge in [-0.15, -0.1) is 11.8 Å². The summed E-state index contributed by atoms with van der Waals surface area (Å²) in [5, 5.41) is 12.8. The van der Waals surface area contributed by atoms with E-state index < -0.39 is 18.1 Å². The molecular weight excluding hydrogens is 232 g/mol. The molecule has 86 valence electrons. The summed E-state index contributed by atoms with van der Waals surface area (Å²) in [5.41, 5.74) is 0.631. The lowest BCUT2D eigenvalue weighted by Gasteiger charge is -2.50. The van der Waals surface area contributed by atoms with Gasteiger partial charge in [0.1, 0.15) is 11.4 Å². The Labute approximate surface area is 95.7 Å². The number of β-lactam (4-membered cyclic amide) rings is 1. The molecule has 1 fully saturated rings. The number of nitrogens with one attached hydrogen (secondary N) is 1. The topological polar surface area (TPSA) is 86.7 Å². The van der Waals surface area contributed by atoms with Crippen molar-refractivity contribution >= 4 is 30.0 Å². The molecular formula is C9H10N2O4S. The lowest BCUT2D eigenvalue weighted by molar-refractivity contribution is -0.159. The second kappa shape index (κ2) is 3.82. The van der Waals surface area contributed by atoms with E-state index in [-0.39, 0.29) is 11.3 Å². The third kappa shape index (κ3) is 1.39. The van der Waals surface area contributed by atoms with Crippen LogP contribution >= 0.6 is 11.8 Å². The molecule has 0 aromatic carbocycles. The van der Waals surface area contributed by atoms with Gasteiger partial charge in [-0.2, -0.15) is 0 Å². The quantitative estimate of drug-likeness (QED) is 0.508. The third-order valence-electron chi connectivity index (χ3n) is 2.66. The van der Waals surface area contributed by atoms with Gasteiger partial charge in [-0.05, 0) is 17.9 Å². The molecule has 0 aromatic rings. The summed E-state index contributed by atoms with van der Waals surface area (Å²) in [7, 11) is 0. The summed E-state index contributed by atoms with van der Waals surface area (Å²) in [4.78, 5) is 34.3. The summed E-state index contributed by atoms with van der Waals surface area (Å²) < 4.78 is 0. The second-order valence-electron chi connectivity index (χ2n) is 3.64. The normalized spacial score (nSPS) is 32.3. The number of rotatable bonds is 3. The fourth-order valence-electron chi connectivity index (χ4n) is 1.91. The molecule has 0 aromatic heterocycles. The van der Waals surface area contributed by atoms with Crippen LogP contribution in [0.1, 0.15) is 6.92 Å². The maximum Gasteiger partial charge on any atom is 0.330 e. The zero-order chi connectivity index (χ0) is 11.9. The van der Waals surface area contributed by atoms with E-state index in [1.54, 1.807) is 12.3 Å². The predicted molar refractivity (Wildman–Crippen MR) is 56.4 cm³/mol. The van der Waals surface area contributed by atoms with Gasteiger partial charge in [0.2, 0.25) is 12.3 Å². The first-order valence-corrected chi connectivity index (χ1v) is 5.59. The lowest BCUT2D eigenvalue weighted by Crippen LogP contribution is -2.73. The highest BCUT2D eigenvalue weighted by Crippen LogP contribution is 2.39. The minimum atomic E-state index is -1.04. The molecule has 3 atom stereocenters. The van der Waals surface area contributed by atoms with Crippen LogP contribution in [0.25, 0.3) is 0 Å². The Hall–Kier alpha value is -1.50. The maximum absolute atomic E-state index is 11.6. The van der Waals surface area contributed by atoms with E-state index >= 15 is 0 Å². The zero-order valence-electron chi connectivity index (χ0n) is 8.41. The van der Waals surface area contributed by atoms with E-state index in [1.165, 1.54) is 16.7 Å². The number of hydrogen-bond donors (Lipinski definition) is 2. The van der Waals surface area contributed by atoms with Gasteiger partial charge in [-0.3, -0.25) is 9.59 Å². The number of carboxylic acid groups (broad SMARTS) is 1. The zero-order valence-corrected chi connectivity index (χ0v) is 9.23. The number of carbonyl (C=O) groups excluding carboxylic acids is 2. The van der Waals surface area contributed by atoms with Gasteiger partial charge in [0.15, 0.2) is 6.04 Å². The van der Waals surface area contributed by atoms with E-state index in [1.807, 2.05) is 0 Å². The van der Waals surface area contributed by atoms with Gasteiger partial charge in [-0.1, -0.05) is 0 Å². The van der Waals surface area contributed by atoms with Crippen molar-refractivity contribution in [3.05, 3.63) is 11.0 Å². The Balaban J connectivity index is 2.24. The molecule has 0 radical (unpaired) electrons. The van der Waals surface area contributed by atoms with Crippen molar-refractivity contribution < 1.29 is 19.5 Å². The molecule has 2 aliphatic rings.